The summed E-state index contributed by atoms with van der Waals surface area (Å²) in [6.45, 7) is 2.25. The first kappa shape index (κ1) is 13.9. The second-order valence-electron chi connectivity index (χ2n) is 3.95. The van der Waals surface area contributed by atoms with E-state index in [0.29, 0.717) is 0 Å². The Balaban J connectivity index is 2.21. The van der Waals surface area contributed by atoms with Gasteiger partial charge in [0.25, 0.3) is 0 Å². The largest absolute Gasteiger partial charge is 0.202 e. The van der Waals surface area contributed by atoms with Crippen molar-refractivity contribution in [2.45, 2.75) is 50.3 Å². The molecule has 1 aromatic rings. The van der Waals surface area contributed by atoms with E-state index in [0.717, 1.165) is 4.90 Å². The fraction of sp³-hybridized carbons (Fsp3) is 0.538. The van der Waals surface area contributed by atoms with Gasteiger partial charge in [0.15, 0.2) is 0 Å². The second kappa shape index (κ2) is 8.91. The SMILES string of the molecule is CCCCCCCc1ccc(SOCl)cc1. The summed E-state index contributed by atoms with van der Waals surface area (Å²) < 4.78 is 4.48. The first-order chi connectivity index (χ1) is 7.86. The van der Waals surface area contributed by atoms with E-state index in [2.05, 4.69) is 34.9 Å². The fourth-order valence-electron chi connectivity index (χ4n) is 1.68. The average molecular weight is 259 g/mol. The summed E-state index contributed by atoms with van der Waals surface area (Å²) in [6, 6.07) is 8.40. The molecule has 16 heavy (non-hydrogen) atoms. The summed E-state index contributed by atoms with van der Waals surface area (Å²) >= 11 is 6.36. The molecule has 0 aliphatic rings. The Labute approximate surface area is 108 Å². The Kier molecular flexibility index (Phi) is 7.73. The first-order valence-electron chi connectivity index (χ1n) is 5.91. The highest BCUT2D eigenvalue weighted by Gasteiger charge is 1.96. The van der Waals surface area contributed by atoms with Crippen LogP contribution >= 0.6 is 23.9 Å². The molecule has 0 aliphatic heterocycles. The molecule has 0 radical (unpaired) electrons. The zero-order chi connectivity index (χ0) is 11.6. The van der Waals surface area contributed by atoms with E-state index in [-0.39, 0.29) is 0 Å². The normalized spacial score (nSPS) is 10.6. The molecule has 0 spiro atoms. The summed E-state index contributed by atoms with van der Waals surface area (Å²) in [5.41, 5.74) is 1.40. The van der Waals surface area contributed by atoms with Gasteiger partial charge in [-0.3, -0.25) is 0 Å². The number of unbranched alkanes of at least 4 members (excludes halogenated alkanes) is 4. The standard InChI is InChI=1S/C13H19ClOS/c1-2-3-4-5-6-7-12-8-10-13(11-9-12)16-15-14/h8-11H,2-7H2,1H3. The van der Waals surface area contributed by atoms with E-state index >= 15 is 0 Å². The molecule has 0 N–H and O–H groups in total. The third kappa shape index (κ3) is 5.78. The Morgan fingerprint density at radius 3 is 2.38 bits per heavy atom. The molecule has 0 unspecified atom stereocenters. The maximum absolute atomic E-state index is 5.17. The van der Waals surface area contributed by atoms with Crippen LogP contribution < -0.4 is 0 Å². The van der Waals surface area contributed by atoms with Crippen LogP contribution in [-0.4, -0.2) is 0 Å². The quantitative estimate of drug-likeness (QED) is 0.457. The van der Waals surface area contributed by atoms with Crippen LogP contribution in [0.3, 0.4) is 0 Å². The minimum Gasteiger partial charge on any atom is -0.202 e. The molecule has 1 rings (SSSR count). The van der Waals surface area contributed by atoms with Crippen LogP contribution in [0.4, 0.5) is 0 Å². The number of hydrogen-bond acceptors (Lipinski definition) is 2. The van der Waals surface area contributed by atoms with E-state index in [1.807, 2.05) is 0 Å². The minimum atomic E-state index is 1.05. The highest BCUT2D eigenvalue weighted by Crippen LogP contribution is 2.21. The van der Waals surface area contributed by atoms with Crippen molar-refractivity contribution in [2.24, 2.45) is 0 Å². The van der Waals surface area contributed by atoms with E-state index in [4.69, 9.17) is 11.9 Å². The Bertz CT molecular complexity index is 274. The molecule has 90 valence electrons. The lowest BCUT2D eigenvalue weighted by Crippen LogP contribution is -1.86. The van der Waals surface area contributed by atoms with Gasteiger partial charge in [0.05, 0.1) is 23.9 Å². The third-order valence-electron chi connectivity index (χ3n) is 2.62. The maximum Gasteiger partial charge on any atom is 0.0757 e. The van der Waals surface area contributed by atoms with E-state index in [1.165, 1.54) is 56.1 Å². The number of benzene rings is 1. The summed E-state index contributed by atoms with van der Waals surface area (Å²) in [7, 11) is 0. The molecule has 0 atom stereocenters. The number of rotatable bonds is 8. The number of aryl methyl sites for hydroxylation is 1. The molecule has 0 amide bonds. The van der Waals surface area contributed by atoms with Crippen LogP contribution in [0, 0.1) is 0 Å². The summed E-state index contributed by atoms with van der Waals surface area (Å²) in [5.74, 6) is 0. The molecule has 0 saturated carbocycles. The van der Waals surface area contributed by atoms with Crippen molar-refractivity contribution < 1.29 is 3.74 Å². The number of hydrogen-bond donors (Lipinski definition) is 0. The van der Waals surface area contributed by atoms with Crippen LogP contribution in [0.5, 0.6) is 0 Å². The number of halogens is 1. The molecule has 3 heteroatoms. The average Bonchev–Trinajstić information content (AvgIpc) is 2.31. The van der Waals surface area contributed by atoms with Gasteiger partial charge in [-0.1, -0.05) is 44.7 Å². The highest BCUT2D eigenvalue weighted by molar-refractivity contribution is 7.95. The molecule has 0 fully saturated rings. The minimum absolute atomic E-state index is 1.05. The van der Waals surface area contributed by atoms with Crippen molar-refractivity contribution in [2.75, 3.05) is 0 Å². The lowest BCUT2D eigenvalue weighted by molar-refractivity contribution is 0.632. The van der Waals surface area contributed by atoms with Crippen molar-refractivity contribution in [3.8, 4) is 0 Å². The van der Waals surface area contributed by atoms with Gasteiger partial charge >= 0.3 is 0 Å². The third-order valence-corrected chi connectivity index (χ3v) is 3.34. The van der Waals surface area contributed by atoms with Crippen LogP contribution in [0.1, 0.15) is 44.6 Å². The van der Waals surface area contributed by atoms with Crippen LogP contribution in [-0.2, 0) is 10.2 Å². The molecule has 1 nitrogen and oxygen atoms in total. The smallest absolute Gasteiger partial charge is 0.0757 e. The van der Waals surface area contributed by atoms with Gasteiger partial charge in [-0.05, 0) is 30.5 Å². The summed E-state index contributed by atoms with van der Waals surface area (Å²) in [4.78, 5) is 1.05. The Morgan fingerprint density at radius 1 is 1.06 bits per heavy atom. The van der Waals surface area contributed by atoms with Crippen LogP contribution in [0.25, 0.3) is 0 Å². The second-order valence-corrected chi connectivity index (χ2v) is 5.10. The summed E-state index contributed by atoms with van der Waals surface area (Å²) in [5, 5.41) is 0. The molecule has 0 bridgehead atoms. The molecule has 0 heterocycles. The monoisotopic (exact) mass is 258 g/mol. The van der Waals surface area contributed by atoms with E-state index < -0.39 is 0 Å². The van der Waals surface area contributed by atoms with Gasteiger partial charge < -0.3 is 0 Å². The van der Waals surface area contributed by atoms with Gasteiger partial charge in [0.2, 0.25) is 0 Å². The van der Waals surface area contributed by atoms with Crippen molar-refractivity contribution in [3.05, 3.63) is 29.8 Å². The topological polar surface area (TPSA) is 9.23 Å². The summed E-state index contributed by atoms with van der Waals surface area (Å²) in [6.07, 6.45) is 7.85. The lowest BCUT2D eigenvalue weighted by Gasteiger charge is -2.02. The molecule has 1 aromatic carbocycles. The Morgan fingerprint density at radius 2 is 1.75 bits per heavy atom. The van der Waals surface area contributed by atoms with Crippen LogP contribution in [0.2, 0.25) is 0 Å². The zero-order valence-electron chi connectivity index (χ0n) is 9.75. The van der Waals surface area contributed by atoms with Crippen molar-refractivity contribution in [1.82, 2.24) is 0 Å². The zero-order valence-corrected chi connectivity index (χ0v) is 11.3. The van der Waals surface area contributed by atoms with E-state index in [9.17, 15) is 0 Å². The van der Waals surface area contributed by atoms with Gasteiger partial charge in [0, 0.05) is 4.90 Å². The first-order valence-corrected chi connectivity index (χ1v) is 6.96. The molecule has 0 aliphatic carbocycles. The molecular weight excluding hydrogens is 240 g/mol. The fourth-order valence-corrected chi connectivity index (χ4v) is 2.22. The molecular formula is C13H19ClOS. The van der Waals surface area contributed by atoms with Gasteiger partial charge in [-0.25, -0.2) is 3.74 Å². The molecule has 0 saturated heterocycles. The Hall–Kier alpha value is -0.180. The van der Waals surface area contributed by atoms with Gasteiger partial charge in [-0.2, -0.15) is 0 Å². The van der Waals surface area contributed by atoms with Gasteiger partial charge in [0.1, 0.15) is 0 Å². The highest BCUT2D eigenvalue weighted by atomic mass is 35.5. The van der Waals surface area contributed by atoms with Crippen molar-refractivity contribution >= 4 is 23.9 Å². The maximum atomic E-state index is 5.17. The van der Waals surface area contributed by atoms with Crippen molar-refractivity contribution in [1.29, 1.82) is 0 Å². The van der Waals surface area contributed by atoms with Gasteiger partial charge in [-0.15, -0.1) is 0 Å². The van der Waals surface area contributed by atoms with Crippen LogP contribution in [0.15, 0.2) is 29.2 Å². The predicted octanol–water partition coefficient (Wildman–Crippen LogP) is 5.38. The predicted molar refractivity (Wildman–Crippen MR) is 71.7 cm³/mol. The van der Waals surface area contributed by atoms with E-state index in [1.54, 1.807) is 0 Å². The lowest BCUT2D eigenvalue weighted by atomic mass is 10.1. The van der Waals surface area contributed by atoms with Crippen molar-refractivity contribution in [3.63, 3.8) is 0 Å². The molecule has 0 aromatic heterocycles.